The Kier molecular flexibility index (Phi) is 2.61. The van der Waals surface area contributed by atoms with Crippen LogP contribution in [-0.4, -0.2) is 6.61 Å². The van der Waals surface area contributed by atoms with Crippen LogP contribution in [0.5, 0.6) is 0 Å². The van der Waals surface area contributed by atoms with Crippen LogP contribution in [0.4, 0.5) is 8.78 Å². The second-order valence-corrected chi connectivity index (χ2v) is 4.68. The Balaban J connectivity index is 2.10. The summed E-state index contributed by atoms with van der Waals surface area (Å²) in [5.74, 6) is -0.706. The van der Waals surface area contributed by atoms with E-state index in [1.807, 2.05) is 0 Å². The third kappa shape index (κ3) is 1.80. The Morgan fingerprint density at radius 3 is 2.33 bits per heavy atom. The minimum absolute atomic E-state index is 0.332. The zero-order valence-corrected chi connectivity index (χ0v) is 10.0. The van der Waals surface area contributed by atoms with Crippen molar-refractivity contribution >= 4 is 11.6 Å². The van der Waals surface area contributed by atoms with E-state index >= 15 is 0 Å². The molecule has 1 saturated heterocycles. The third-order valence-electron chi connectivity index (χ3n) is 3.11. The summed E-state index contributed by atoms with van der Waals surface area (Å²) in [7, 11) is 0. The van der Waals surface area contributed by atoms with E-state index in [9.17, 15) is 8.78 Å². The first-order valence-electron chi connectivity index (χ1n) is 5.47. The van der Waals surface area contributed by atoms with Crippen molar-refractivity contribution < 1.29 is 13.5 Å². The molecule has 2 aromatic carbocycles. The molecule has 1 aliphatic heterocycles. The van der Waals surface area contributed by atoms with Gasteiger partial charge in [0.2, 0.25) is 0 Å². The van der Waals surface area contributed by atoms with Gasteiger partial charge in [0.25, 0.3) is 0 Å². The van der Waals surface area contributed by atoms with Crippen molar-refractivity contribution in [1.82, 2.24) is 0 Å². The SMILES string of the molecule is Fc1ccc(C2(c3cc(Cl)ccc3F)CO2)cc1. The van der Waals surface area contributed by atoms with Gasteiger partial charge in [-0.2, -0.15) is 0 Å². The smallest absolute Gasteiger partial charge is 0.144 e. The lowest BCUT2D eigenvalue weighted by atomic mass is 9.91. The van der Waals surface area contributed by atoms with E-state index in [0.717, 1.165) is 5.56 Å². The first kappa shape index (κ1) is 11.6. The van der Waals surface area contributed by atoms with Gasteiger partial charge in [-0.1, -0.05) is 23.7 Å². The molecule has 0 aromatic heterocycles. The second-order valence-electron chi connectivity index (χ2n) is 4.25. The largest absolute Gasteiger partial charge is 0.359 e. The minimum Gasteiger partial charge on any atom is -0.359 e. The molecule has 0 aliphatic carbocycles. The highest BCUT2D eigenvalue weighted by atomic mass is 35.5. The van der Waals surface area contributed by atoms with Crippen LogP contribution in [0.3, 0.4) is 0 Å². The van der Waals surface area contributed by atoms with E-state index in [0.29, 0.717) is 17.2 Å². The van der Waals surface area contributed by atoms with Crippen LogP contribution in [0.1, 0.15) is 11.1 Å². The number of halogens is 3. The minimum atomic E-state index is -0.817. The Labute approximate surface area is 108 Å². The molecule has 0 radical (unpaired) electrons. The normalized spacial score (nSPS) is 21.9. The van der Waals surface area contributed by atoms with Crippen molar-refractivity contribution in [3.63, 3.8) is 0 Å². The molecule has 18 heavy (non-hydrogen) atoms. The van der Waals surface area contributed by atoms with Crippen molar-refractivity contribution in [2.45, 2.75) is 5.60 Å². The summed E-state index contributed by atoms with van der Waals surface area (Å²) in [6.45, 7) is 0.371. The van der Waals surface area contributed by atoms with Gasteiger partial charge in [-0.05, 0) is 35.9 Å². The summed E-state index contributed by atoms with van der Waals surface area (Å²) in [6, 6.07) is 10.2. The monoisotopic (exact) mass is 266 g/mol. The van der Waals surface area contributed by atoms with Gasteiger partial charge in [-0.25, -0.2) is 8.78 Å². The fourth-order valence-corrected chi connectivity index (χ4v) is 2.25. The van der Waals surface area contributed by atoms with Crippen LogP contribution in [0.25, 0.3) is 0 Å². The Hall–Kier alpha value is -1.45. The molecule has 3 rings (SSSR count). The number of ether oxygens (including phenoxy) is 1. The molecule has 0 N–H and O–H groups in total. The number of epoxide rings is 1. The lowest BCUT2D eigenvalue weighted by Gasteiger charge is -2.14. The fraction of sp³-hybridized carbons (Fsp3) is 0.143. The highest BCUT2D eigenvalue weighted by Gasteiger charge is 2.50. The molecule has 4 heteroatoms. The van der Waals surface area contributed by atoms with Gasteiger partial charge >= 0.3 is 0 Å². The fourth-order valence-electron chi connectivity index (χ4n) is 2.08. The molecular formula is C14H9ClF2O. The molecule has 1 atom stereocenters. The third-order valence-corrected chi connectivity index (χ3v) is 3.34. The van der Waals surface area contributed by atoms with Crippen molar-refractivity contribution in [3.8, 4) is 0 Å². The van der Waals surface area contributed by atoms with Gasteiger partial charge in [0, 0.05) is 10.6 Å². The number of hydrogen-bond acceptors (Lipinski definition) is 1. The first-order valence-corrected chi connectivity index (χ1v) is 5.85. The lowest BCUT2D eigenvalue weighted by molar-refractivity contribution is 0.341. The quantitative estimate of drug-likeness (QED) is 0.751. The van der Waals surface area contributed by atoms with E-state index in [1.165, 1.54) is 24.3 Å². The molecule has 0 spiro atoms. The summed E-state index contributed by atoms with van der Waals surface area (Å²) in [5.41, 5.74) is 0.301. The highest BCUT2D eigenvalue weighted by Crippen LogP contribution is 2.46. The zero-order chi connectivity index (χ0) is 12.8. The molecule has 1 fully saturated rings. The van der Waals surface area contributed by atoms with E-state index in [4.69, 9.17) is 16.3 Å². The molecule has 0 amide bonds. The molecule has 1 nitrogen and oxygen atoms in total. The van der Waals surface area contributed by atoms with Gasteiger partial charge in [-0.3, -0.25) is 0 Å². The average Bonchev–Trinajstić information content (AvgIpc) is 3.14. The summed E-state index contributed by atoms with van der Waals surface area (Å²) in [6.07, 6.45) is 0. The summed E-state index contributed by atoms with van der Waals surface area (Å²) >= 11 is 5.88. The molecule has 2 aromatic rings. The summed E-state index contributed by atoms with van der Waals surface area (Å²) in [4.78, 5) is 0. The van der Waals surface area contributed by atoms with Crippen LogP contribution in [-0.2, 0) is 10.3 Å². The maximum absolute atomic E-state index is 13.9. The molecule has 1 aliphatic rings. The zero-order valence-electron chi connectivity index (χ0n) is 9.29. The molecule has 1 heterocycles. The Morgan fingerprint density at radius 2 is 1.72 bits per heavy atom. The summed E-state index contributed by atoms with van der Waals surface area (Å²) < 4.78 is 32.2. The van der Waals surface area contributed by atoms with Crippen molar-refractivity contribution in [1.29, 1.82) is 0 Å². The topological polar surface area (TPSA) is 12.5 Å². The Morgan fingerprint density at radius 1 is 1.06 bits per heavy atom. The second kappa shape index (κ2) is 4.04. The molecule has 0 bridgehead atoms. The Bertz CT molecular complexity index is 591. The predicted octanol–water partition coefficient (Wildman–Crippen LogP) is 3.89. The van der Waals surface area contributed by atoms with E-state index < -0.39 is 5.60 Å². The standard InChI is InChI=1S/C14H9ClF2O/c15-10-3-6-13(17)12(7-10)14(8-18-14)9-1-4-11(16)5-2-9/h1-7H,8H2. The van der Waals surface area contributed by atoms with Gasteiger partial charge in [0.05, 0.1) is 6.61 Å². The number of hydrogen-bond donors (Lipinski definition) is 0. The number of benzene rings is 2. The maximum Gasteiger partial charge on any atom is 0.144 e. The van der Waals surface area contributed by atoms with Crippen molar-refractivity contribution in [2.24, 2.45) is 0 Å². The van der Waals surface area contributed by atoms with E-state index in [-0.39, 0.29) is 11.6 Å². The van der Waals surface area contributed by atoms with E-state index in [1.54, 1.807) is 18.2 Å². The van der Waals surface area contributed by atoms with Gasteiger partial charge in [0.15, 0.2) is 0 Å². The van der Waals surface area contributed by atoms with E-state index in [2.05, 4.69) is 0 Å². The number of rotatable bonds is 2. The summed E-state index contributed by atoms with van der Waals surface area (Å²) in [5, 5.41) is 0.448. The maximum atomic E-state index is 13.9. The lowest BCUT2D eigenvalue weighted by Crippen LogP contribution is -2.13. The average molecular weight is 267 g/mol. The predicted molar refractivity (Wildman–Crippen MR) is 64.5 cm³/mol. The van der Waals surface area contributed by atoms with Crippen LogP contribution in [0, 0.1) is 11.6 Å². The van der Waals surface area contributed by atoms with Crippen molar-refractivity contribution in [3.05, 3.63) is 70.2 Å². The molecule has 0 saturated carbocycles. The van der Waals surface area contributed by atoms with Crippen LogP contribution >= 0.6 is 11.6 Å². The van der Waals surface area contributed by atoms with Crippen LogP contribution in [0.15, 0.2) is 42.5 Å². The first-order chi connectivity index (χ1) is 8.62. The van der Waals surface area contributed by atoms with Gasteiger partial charge in [0.1, 0.15) is 17.2 Å². The molecule has 92 valence electrons. The van der Waals surface area contributed by atoms with Gasteiger partial charge in [-0.15, -0.1) is 0 Å². The highest BCUT2D eigenvalue weighted by molar-refractivity contribution is 6.30. The molecular weight excluding hydrogens is 258 g/mol. The van der Waals surface area contributed by atoms with Crippen LogP contribution in [0.2, 0.25) is 5.02 Å². The van der Waals surface area contributed by atoms with Crippen molar-refractivity contribution in [2.75, 3.05) is 6.61 Å². The molecule has 1 unspecified atom stereocenters. The van der Waals surface area contributed by atoms with Crippen LogP contribution < -0.4 is 0 Å². The van der Waals surface area contributed by atoms with Gasteiger partial charge < -0.3 is 4.74 Å².